The molecule has 0 radical (unpaired) electrons. The molecule has 0 spiro atoms. The van der Waals surface area contributed by atoms with Crippen molar-refractivity contribution in [3.05, 3.63) is 41.6 Å². The van der Waals surface area contributed by atoms with Crippen molar-refractivity contribution in [1.29, 1.82) is 5.26 Å². The lowest BCUT2D eigenvalue weighted by Crippen LogP contribution is -2.39. The number of halogens is 3. The summed E-state index contributed by atoms with van der Waals surface area (Å²) in [6.07, 6.45) is 4.02. The van der Waals surface area contributed by atoms with Gasteiger partial charge in [-0.15, -0.1) is 0 Å². The minimum atomic E-state index is -1.36. The van der Waals surface area contributed by atoms with E-state index in [2.05, 4.69) is 15.1 Å². The maximum atomic E-state index is 14.6. The number of nitrogens with zero attached hydrogens (tertiary/aromatic N) is 6. The Morgan fingerprint density at radius 2 is 1.93 bits per heavy atom. The number of benzene rings is 1. The van der Waals surface area contributed by atoms with Gasteiger partial charge >= 0.3 is 0 Å². The first-order chi connectivity index (χ1) is 13.0. The van der Waals surface area contributed by atoms with Gasteiger partial charge in [0.1, 0.15) is 24.0 Å². The van der Waals surface area contributed by atoms with Gasteiger partial charge in [0.2, 0.25) is 0 Å². The number of hydrogen-bond acceptors (Lipinski definition) is 5. The standard InChI is InChI=1S/C18H15F3N6/c1-10-4-2-3-7-26(10)17-15(14-11(19)5-6-12(20)16(14)21)13(8-22)25-18-23-9-24-27(17)18/h5-6,9-10H,2-4,7H2,1H3. The van der Waals surface area contributed by atoms with Crippen molar-refractivity contribution in [2.24, 2.45) is 0 Å². The molecule has 1 aliphatic rings. The highest BCUT2D eigenvalue weighted by Gasteiger charge is 2.31. The molecule has 1 aliphatic heterocycles. The number of hydrogen-bond donors (Lipinski definition) is 0. The summed E-state index contributed by atoms with van der Waals surface area (Å²) in [5.74, 6) is -3.10. The van der Waals surface area contributed by atoms with E-state index in [9.17, 15) is 18.4 Å². The van der Waals surface area contributed by atoms with E-state index in [0.29, 0.717) is 18.4 Å². The van der Waals surface area contributed by atoms with E-state index in [-0.39, 0.29) is 23.1 Å². The second-order valence-electron chi connectivity index (χ2n) is 6.50. The summed E-state index contributed by atoms with van der Waals surface area (Å²) in [4.78, 5) is 10.00. The van der Waals surface area contributed by atoms with Crippen molar-refractivity contribution in [3.63, 3.8) is 0 Å². The zero-order valence-electron chi connectivity index (χ0n) is 14.5. The molecule has 0 N–H and O–H groups in total. The Labute approximate surface area is 152 Å². The van der Waals surface area contributed by atoms with E-state index in [1.54, 1.807) is 0 Å². The second kappa shape index (κ2) is 6.54. The van der Waals surface area contributed by atoms with Crippen LogP contribution in [0.15, 0.2) is 18.5 Å². The van der Waals surface area contributed by atoms with Crippen molar-refractivity contribution in [1.82, 2.24) is 19.6 Å². The molecule has 0 bridgehead atoms. The number of fused-ring (bicyclic) bond motifs is 1. The molecule has 1 saturated heterocycles. The highest BCUT2D eigenvalue weighted by atomic mass is 19.2. The average molecular weight is 372 g/mol. The van der Waals surface area contributed by atoms with Crippen LogP contribution in [0.25, 0.3) is 16.9 Å². The van der Waals surface area contributed by atoms with Gasteiger partial charge in [0.25, 0.3) is 5.78 Å². The second-order valence-corrected chi connectivity index (χ2v) is 6.50. The molecule has 0 aliphatic carbocycles. The van der Waals surface area contributed by atoms with Crippen molar-refractivity contribution in [2.45, 2.75) is 32.2 Å². The maximum Gasteiger partial charge on any atom is 0.255 e. The molecule has 9 heteroatoms. The van der Waals surface area contributed by atoms with E-state index in [1.807, 2.05) is 17.9 Å². The average Bonchev–Trinajstić information content (AvgIpc) is 3.13. The largest absolute Gasteiger partial charge is 0.353 e. The molecular weight excluding hydrogens is 357 g/mol. The number of nitriles is 1. The van der Waals surface area contributed by atoms with Crippen molar-refractivity contribution in [3.8, 4) is 17.2 Å². The zero-order chi connectivity index (χ0) is 19.1. The molecule has 27 heavy (non-hydrogen) atoms. The minimum Gasteiger partial charge on any atom is -0.353 e. The van der Waals surface area contributed by atoms with Crippen LogP contribution in [0, 0.1) is 28.8 Å². The normalized spacial score (nSPS) is 17.3. The van der Waals surface area contributed by atoms with Gasteiger partial charge in [-0.25, -0.2) is 13.2 Å². The molecule has 0 amide bonds. The summed E-state index contributed by atoms with van der Waals surface area (Å²) in [6, 6.07) is 3.46. The van der Waals surface area contributed by atoms with E-state index >= 15 is 0 Å². The van der Waals surface area contributed by atoms with Crippen LogP contribution in [0.5, 0.6) is 0 Å². The lowest BCUT2D eigenvalue weighted by atomic mass is 9.98. The zero-order valence-corrected chi connectivity index (χ0v) is 14.5. The SMILES string of the molecule is CC1CCCCN1c1c(-c2c(F)ccc(F)c2F)c(C#N)nc2ncnn12. The molecule has 138 valence electrons. The predicted molar refractivity (Wildman–Crippen MR) is 91.5 cm³/mol. The molecule has 3 aromatic rings. The molecule has 1 atom stereocenters. The van der Waals surface area contributed by atoms with Crippen LogP contribution >= 0.6 is 0 Å². The lowest BCUT2D eigenvalue weighted by molar-refractivity contribution is 0.477. The Balaban J connectivity index is 2.13. The third-order valence-electron chi connectivity index (χ3n) is 4.88. The molecule has 3 heterocycles. The minimum absolute atomic E-state index is 0.0403. The first-order valence-electron chi connectivity index (χ1n) is 8.57. The quantitative estimate of drug-likeness (QED) is 0.645. The van der Waals surface area contributed by atoms with E-state index in [1.165, 1.54) is 10.8 Å². The number of aromatic nitrogens is 4. The Hall–Kier alpha value is -3.15. The first-order valence-corrected chi connectivity index (χ1v) is 8.57. The van der Waals surface area contributed by atoms with Crippen molar-refractivity contribution >= 4 is 11.6 Å². The number of anilines is 1. The highest BCUT2D eigenvalue weighted by molar-refractivity contribution is 5.82. The maximum absolute atomic E-state index is 14.6. The summed E-state index contributed by atoms with van der Waals surface area (Å²) in [7, 11) is 0. The topological polar surface area (TPSA) is 70.1 Å². The Morgan fingerprint density at radius 1 is 1.15 bits per heavy atom. The molecule has 1 aromatic carbocycles. The lowest BCUT2D eigenvalue weighted by Gasteiger charge is -2.36. The monoisotopic (exact) mass is 372 g/mol. The Bertz CT molecular complexity index is 1070. The molecule has 1 unspecified atom stereocenters. The fourth-order valence-corrected chi connectivity index (χ4v) is 3.57. The van der Waals surface area contributed by atoms with Crippen molar-refractivity contribution in [2.75, 3.05) is 11.4 Å². The fourth-order valence-electron chi connectivity index (χ4n) is 3.57. The summed E-state index contributed by atoms with van der Waals surface area (Å²) < 4.78 is 44.5. The van der Waals surface area contributed by atoms with Gasteiger partial charge in [0.15, 0.2) is 17.3 Å². The number of rotatable bonds is 2. The first kappa shape index (κ1) is 17.3. The van der Waals surface area contributed by atoms with Crippen LogP contribution in [0.2, 0.25) is 0 Å². The van der Waals surface area contributed by atoms with E-state index in [0.717, 1.165) is 25.3 Å². The van der Waals surface area contributed by atoms with Crippen LogP contribution in [-0.4, -0.2) is 32.2 Å². The molecule has 0 saturated carbocycles. The fraction of sp³-hybridized carbons (Fsp3) is 0.333. The van der Waals surface area contributed by atoms with Gasteiger partial charge in [-0.3, -0.25) is 0 Å². The predicted octanol–water partition coefficient (Wildman–Crippen LogP) is 3.46. The van der Waals surface area contributed by atoms with Crippen LogP contribution in [0.1, 0.15) is 31.9 Å². The molecular formula is C18H15F3N6. The molecule has 4 rings (SSSR count). The molecule has 6 nitrogen and oxygen atoms in total. The van der Waals surface area contributed by atoms with Gasteiger partial charge in [0.05, 0.1) is 11.1 Å². The van der Waals surface area contributed by atoms with Crippen LogP contribution in [-0.2, 0) is 0 Å². The van der Waals surface area contributed by atoms with Gasteiger partial charge < -0.3 is 4.90 Å². The van der Waals surface area contributed by atoms with E-state index in [4.69, 9.17) is 0 Å². The van der Waals surface area contributed by atoms with Crippen LogP contribution in [0.4, 0.5) is 19.0 Å². The summed E-state index contributed by atoms with van der Waals surface area (Å²) in [5.41, 5.74) is -0.963. The Kier molecular flexibility index (Phi) is 4.18. The third-order valence-corrected chi connectivity index (χ3v) is 4.88. The number of piperidine rings is 1. The van der Waals surface area contributed by atoms with Gasteiger partial charge in [-0.05, 0) is 38.3 Å². The van der Waals surface area contributed by atoms with Crippen molar-refractivity contribution < 1.29 is 13.2 Å². The van der Waals surface area contributed by atoms with Crippen LogP contribution in [0.3, 0.4) is 0 Å². The van der Waals surface area contributed by atoms with Gasteiger partial charge in [-0.2, -0.15) is 24.8 Å². The third kappa shape index (κ3) is 2.68. The molecule has 1 fully saturated rings. The summed E-state index contributed by atoms with van der Waals surface area (Å²) in [5, 5.41) is 13.7. The molecule has 2 aromatic heterocycles. The van der Waals surface area contributed by atoms with Crippen LogP contribution < -0.4 is 4.90 Å². The van der Waals surface area contributed by atoms with Gasteiger partial charge in [0, 0.05) is 12.6 Å². The smallest absolute Gasteiger partial charge is 0.255 e. The van der Waals surface area contributed by atoms with Gasteiger partial charge in [-0.1, -0.05) is 0 Å². The van der Waals surface area contributed by atoms with E-state index < -0.39 is 23.0 Å². The summed E-state index contributed by atoms with van der Waals surface area (Å²) in [6.45, 7) is 2.59. The Morgan fingerprint density at radius 3 is 2.67 bits per heavy atom. The highest BCUT2D eigenvalue weighted by Crippen LogP contribution is 2.39. The summed E-state index contributed by atoms with van der Waals surface area (Å²) >= 11 is 0.